The normalized spacial score (nSPS) is 13.5. The topological polar surface area (TPSA) is 94.4 Å². The first-order valence-electron chi connectivity index (χ1n) is 8.46. The molecule has 0 spiro atoms. The molecule has 0 amide bonds. The number of hydrogen-bond acceptors (Lipinski definition) is 4. The zero-order valence-electron chi connectivity index (χ0n) is 15.3. The van der Waals surface area contributed by atoms with E-state index in [4.69, 9.17) is 0 Å². The third-order valence-corrected chi connectivity index (χ3v) is 5.18. The molecule has 3 heterocycles. The number of aryl methyl sites for hydroxylation is 1. The lowest BCUT2D eigenvalue weighted by Crippen LogP contribution is -2.46. The lowest BCUT2D eigenvalue weighted by Gasteiger charge is -2.16. The van der Waals surface area contributed by atoms with E-state index in [9.17, 15) is 9.59 Å². The van der Waals surface area contributed by atoms with Crippen LogP contribution in [0.3, 0.4) is 0 Å². The van der Waals surface area contributed by atoms with Crippen LogP contribution in [0.5, 0.6) is 0 Å². The molecule has 136 valence electrons. The molecule has 0 bridgehead atoms. The summed E-state index contributed by atoms with van der Waals surface area (Å²) in [6, 6.07) is 3.97. The summed E-state index contributed by atoms with van der Waals surface area (Å²) in [4.78, 5) is 39.7. The van der Waals surface area contributed by atoms with Crippen molar-refractivity contribution in [1.82, 2.24) is 19.9 Å². The fourth-order valence-corrected chi connectivity index (χ4v) is 3.55. The van der Waals surface area contributed by atoms with E-state index in [1.54, 1.807) is 29.8 Å². The Bertz CT molecular complexity index is 1160. The van der Waals surface area contributed by atoms with Gasteiger partial charge in [0.15, 0.2) is 0 Å². The van der Waals surface area contributed by atoms with Crippen molar-refractivity contribution in [2.24, 2.45) is 0 Å². The average Bonchev–Trinajstić information content (AvgIpc) is 3.20. The lowest BCUT2D eigenvalue weighted by atomic mass is 9.90. The Hall–Kier alpha value is -2.67. The van der Waals surface area contributed by atoms with E-state index in [1.165, 1.54) is 4.88 Å². The Kier molecular flexibility index (Phi) is 4.82. The molecule has 3 rings (SSSR count). The summed E-state index contributed by atoms with van der Waals surface area (Å²) in [6.45, 7) is 8.23. The second-order valence-corrected chi connectivity index (χ2v) is 8.29. The fraction of sp³-hybridized carbons (Fsp3) is 0.316. The molecule has 3 aromatic rings. The maximum absolute atomic E-state index is 12.4. The van der Waals surface area contributed by atoms with Crippen LogP contribution >= 0.6 is 11.3 Å². The second kappa shape index (κ2) is 6.92. The number of rotatable bonds is 3. The molecule has 0 unspecified atom stereocenters. The number of thiophene rings is 1. The van der Waals surface area contributed by atoms with Crippen molar-refractivity contribution < 1.29 is 0 Å². The molecule has 0 aliphatic heterocycles. The first-order chi connectivity index (χ1) is 12.3. The molecule has 0 aliphatic rings. The van der Waals surface area contributed by atoms with Gasteiger partial charge >= 0.3 is 0 Å². The predicted octanol–water partition coefficient (Wildman–Crippen LogP) is 1.37. The van der Waals surface area contributed by atoms with Gasteiger partial charge in [0.2, 0.25) is 0 Å². The lowest BCUT2D eigenvalue weighted by molar-refractivity contribution is 0.571. The number of nitrogens with zero attached hydrogens (tertiary/aromatic N) is 1. The minimum absolute atomic E-state index is 0.154. The SMILES string of the molecule is CCc1ccc(C=c2[nH]c(=O)c(=Cc3nc[nH]c3C(C)(C)C)[nH]c2=O)s1. The maximum Gasteiger partial charge on any atom is 0.272 e. The quantitative estimate of drug-likeness (QED) is 0.650. The molecule has 0 radical (unpaired) electrons. The zero-order valence-corrected chi connectivity index (χ0v) is 16.1. The minimum Gasteiger partial charge on any atom is -0.348 e. The summed E-state index contributed by atoms with van der Waals surface area (Å²) in [5.41, 5.74) is 0.695. The monoisotopic (exact) mass is 370 g/mol. The van der Waals surface area contributed by atoms with Crippen molar-refractivity contribution in [2.45, 2.75) is 39.5 Å². The van der Waals surface area contributed by atoms with Crippen molar-refractivity contribution in [3.63, 3.8) is 0 Å². The molecule has 6 nitrogen and oxygen atoms in total. The minimum atomic E-state index is -0.356. The van der Waals surface area contributed by atoms with Gasteiger partial charge in [-0.15, -0.1) is 11.3 Å². The molecule has 26 heavy (non-hydrogen) atoms. The van der Waals surface area contributed by atoms with Crippen LogP contribution in [0.1, 0.15) is 48.8 Å². The maximum atomic E-state index is 12.4. The van der Waals surface area contributed by atoms with Gasteiger partial charge in [-0.3, -0.25) is 9.59 Å². The first-order valence-corrected chi connectivity index (χ1v) is 9.28. The smallest absolute Gasteiger partial charge is 0.272 e. The fourth-order valence-electron chi connectivity index (χ4n) is 2.65. The highest BCUT2D eigenvalue weighted by Crippen LogP contribution is 2.22. The van der Waals surface area contributed by atoms with Crippen molar-refractivity contribution in [3.8, 4) is 0 Å². The Morgan fingerprint density at radius 1 is 1.08 bits per heavy atom. The average molecular weight is 370 g/mol. The van der Waals surface area contributed by atoms with E-state index in [-0.39, 0.29) is 27.2 Å². The van der Waals surface area contributed by atoms with E-state index in [1.807, 2.05) is 12.1 Å². The van der Waals surface area contributed by atoms with Crippen LogP contribution in [0.25, 0.3) is 12.2 Å². The molecule has 0 fully saturated rings. The molecule has 0 atom stereocenters. The largest absolute Gasteiger partial charge is 0.348 e. The standard InChI is InChI=1S/C19H22N4O2S/c1-5-11-6-7-12(26-11)8-14-17(24)23-15(18(25)22-14)9-13-16(19(2,3)4)21-10-20-13/h6-10H,5H2,1-4H3,(H,20,21)(H,22,25)(H,23,24). The summed E-state index contributed by atoms with van der Waals surface area (Å²) in [7, 11) is 0. The van der Waals surface area contributed by atoms with Gasteiger partial charge in [0, 0.05) is 20.9 Å². The highest BCUT2D eigenvalue weighted by molar-refractivity contribution is 7.12. The van der Waals surface area contributed by atoms with E-state index >= 15 is 0 Å². The van der Waals surface area contributed by atoms with Crippen LogP contribution < -0.4 is 21.8 Å². The van der Waals surface area contributed by atoms with Crippen LogP contribution in [-0.2, 0) is 11.8 Å². The molecular weight excluding hydrogens is 348 g/mol. The molecular formula is C19H22N4O2S. The summed E-state index contributed by atoms with van der Waals surface area (Å²) >= 11 is 1.60. The van der Waals surface area contributed by atoms with Crippen LogP contribution in [0.2, 0.25) is 0 Å². The van der Waals surface area contributed by atoms with Crippen LogP contribution in [0, 0.1) is 0 Å². The summed E-state index contributed by atoms with van der Waals surface area (Å²) in [5.74, 6) is 0. The second-order valence-electron chi connectivity index (χ2n) is 7.09. The Balaban J connectivity index is 2.10. The predicted molar refractivity (Wildman–Crippen MR) is 105 cm³/mol. The molecule has 3 N–H and O–H groups in total. The van der Waals surface area contributed by atoms with Gasteiger partial charge in [-0.1, -0.05) is 27.7 Å². The Labute approximate surface area is 154 Å². The van der Waals surface area contributed by atoms with Crippen LogP contribution in [0.15, 0.2) is 28.0 Å². The summed E-state index contributed by atoms with van der Waals surface area (Å²) in [6.07, 6.45) is 5.83. The highest BCUT2D eigenvalue weighted by Gasteiger charge is 2.19. The molecule has 0 aromatic carbocycles. The number of nitrogens with one attached hydrogen (secondary N) is 3. The molecule has 3 aromatic heterocycles. The van der Waals surface area contributed by atoms with E-state index in [0.717, 1.165) is 17.0 Å². The molecule has 7 heteroatoms. The Morgan fingerprint density at radius 2 is 1.73 bits per heavy atom. The van der Waals surface area contributed by atoms with Crippen molar-refractivity contribution in [1.29, 1.82) is 0 Å². The Morgan fingerprint density at radius 3 is 2.31 bits per heavy atom. The summed E-state index contributed by atoms with van der Waals surface area (Å²) in [5, 5.41) is 0.430. The first kappa shape index (κ1) is 18.1. The number of aromatic amines is 3. The van der Waals surface area contributed by atoms with Crippen molar-refractivity contribution in [2.75, 3.05) is 0 Å². The number of hydrogen-bond donors (Lipinski definition) is 3. The van der Waals surface area contributed by atoms with Crippen molar-refractivity contribution in [3.05, 3.63) is 71.0 Å². The van der Waals surface area contributed by atoms with Gasteiger partial charge in [-0.25, -0.2) is 4.98 Å². The van der Waals surface area contributed by atoms with Crippen LogP contribution in [-0.4, -0.2) is 19.9 Å². The van der Waals surface area contributed by atoms with E-state index in [2.05, 4.69) is 47.6 Å². The van der Waals surface area contributed by atoms with Gasteiger partial charge in [-0.2, -0.15) is 0 Å². The van der Waals surface area contributed by atoms with Gasteiger partial charge < -0.3 is 15.0 Å². The van der Waals surface area contributed by atoms with Gasteiger partial charge in [0.1, 0.15) is 10.7 Å². The molecule has 0 aliphatic carbocycles. The number of aromatic nitrogens is 4. The van der Waals surface area contributed by atoms with Gasteiger partial charge in [0.25, 0.3) is 11.1 Å². The number of imidazole rings is 1. The third-order valence-electron chi connectivity index (χ3n) is 4.00. The van der Waals surface area contributed by atoms with Gasteiger partial charge in [-0.05, 0) is 30.7 Å². The van der Waals surface area contributed by atoms with Crippen LogP contribution in [0.4, 0.5) is 0 Å². The summed E-state index contributed by atoms with van der Waals surface area (Å²) < 4.78 is 0. The number of H-pyrrole nitrogens is 3. The van der Waals surface area contributed by atoms with E-state index in [0.29, 0.717) is 5.69 Å². The third kappa shape index (κ3) is 3.77. The molecule has 0 saturated carbocycles. The highest BCUT2D eigenvalue weighted by atomic mass is 32.1. The zero-order chi connectivity index (χ0) is 18.9. The van der Waals surface area contributed by atoms with Gasteiger partial charge in [0.05, 0.1) is 12.0 Å². The molecule has 0 saturated heterocycles. The van der Waals surface area contributed by atoms with E-state index < -0.39 is 0 Å². The van der Waals surface area contributed by atoms with Crippen molar-refractivity contribution >= 4 is 23.5 Å².